The fourth-order valence-electron chi connectivity index (χ4n) is 2.28. The van der Waals surface area contributed by atoms with E-state index in [1.165, 1.54) is 0 Å². The molecule has 1 aliphatic heterocycles. The van der Waals surface area contributed by atoms with Crippen molar-refractivity contribution < 1.29 is 4.74 Å². The van der Waals surface area contributed by atoms with Crippen LogP contribution < -0.4 is 10.6 Å². The molecule has 2 heterocycles. The van der Waals surface area contributed by atoms with Gasteiger partial charge in [0, 0.05) is 18.3 Å². The molecule has 0 amide bonds. The fraction of sp³-hybridized carbons (Fsp3) is 0.538. The van der Waals surface area contributed by atoms with Gasteiger partial charge in [-0.2, -0.15) is 0 Å². The molecule has 3 N–H and O–H groups in total. The van der Waals surface area contributed by atoms with Crippen LogP contribution in [0.1, 0.15) is 25.8 Å². The molecule has 104 valence electrons. The Morgan fingerprint density at radius 1 is 1.68 bits per heavy atom. The maximum absolute atomic E-state index is 7.54. The van der Waals surface area contributed by atoms with Gasteiger partial charge in [0.15, 0.2) is 0 Å². The monoisotopic (exact) mass is 282 g/mol. The zero-order valence-electron chi connectivity index (χ0n) is 11.2. The Morgan fingerprint density at radius 2 is 2.42 bits per heavy atom. The van der Waals surface area contributed by atoms with E-state index in [9.17, 15) is 0 Å². The Kier molecular flexibility index (Phi) is 4.27. The Hall–Kier alpha value is -1.33. The lowest BCUT2D eigenvalue weighted by atomic mass is 10.1. The third kappa shape index (κ3) is 2.82. The number of nitrogens with one attached hydrogen (secondary N) is 1. The van der Waals surface area contributed by atoms with Crippen molar-refractivity contribution in [1.82, 2.24) is 4.98 Å². The number of anilines is 1. The second-order valence-electron chi connectivity index (χ2n) is 4.77. The molecular weight excluding hydrogens is 264 g/mol. The van der Waals surface area contributed by atoms with Gasteiger partial charge in [0.25, 0.3) is 0 Å². The lowest BCUT2D eigenvalue weighted by Crippen LogP contribution is -2.49. The van der Waals surface area contributed by atoms with Crippen molar-refractivity contribution in [1.29, 1.82) is 5.41 Å². The summed E-state index contributed by atoms with van der Waals surface area (Å²) in [6.07, 6.45) is 2.74. The highest BCUT2D eigenvalue weighted by molar-refractivity contribution is 6.36. The summed E-state index contributed by atoms with van der Waals surface area (Å²) in [7, 11) is 0. The number of ether oxygens (including phenoxy) is 1. The lowest BCUT2D eigenvalue weighted by molar-refractivity contribution is 0.0296. The van der Waals surface area contributed by atoms with E-state index >= 15 is 0 Å². The number of morpholine rings is 1. The van der Waals surface area contributed by atoms with Crippen LogP contribution in [-0.4, -0.2) is 36.1 Å². The van der Waals surface area contributed by atoms with Gasteiger partial charge in [-0.3, -0.25) is 5.41 Å². The molecule has 0 saturated carbocycles. The van der Waals surface area contributed by atoms with Crippen LogP contribution in [0.3, 0.4) is 0 Å². The Morgan fingerprint density at radius 3 is 3.05 bits per heavy atom. The summed E-state index contributed by atoms with van der Waals surface area (Å²) >= 11 is 6.34. The smallest absolute Gasteiger partial charge is 0.148 e. The number of halogens is 1. The van der Waals surface area contributed by atoms with Gasteiger partial charge in [0.1, 0.15) is 11.7 Å². The van der Waals surface area contributed by atoms with Crippen LogP contribution in [0.4, 0.5) is 5.82 Å². The van der Waals surface area contributed by atoms with E-state index in [1.54, 1.807) is 12.3 Å². The molecule has 0 radical (unpaired) electrons. The molecule has 2 unspecified atom stereocenters. The van der Waals surface area contributed by atoms with E-state index in [0.717, 1.165) is 13.0 Å². The molecule has 0 bridgehead atoms. The number of hydrogen-bond acceptors (Lipinski definition) is 4. The third-order valence-electron chi connectivity index (χ3n) is 3.37. The average molecular weight is 283 g/mol. The van der Waals surface area contributed by atoms with Crippen molar-refractivity contribution in [2.75, 3.05) is 18.1 Å². The quantitative estimate of drug-likeness (QED) is 0.657. The van der Waals surface area contributed by atoms with Crippen molar-refractivity contribution in [2.24, 2.45) is 5.73 Å². The normalized spacial score (nSPS) is 23.4. The molecule has 0 aromatic carbocycles. The summed E-state index contributed by atoms with van der Waals surface area (Å²) < 4.78 is 5.67. The Bertz CT molecular complexity index is 480. The number of hydrogen-bond donors (Lipinski definition) is 2. The molecule has 6 heteroatoms. The molecule has 2 atom stereocenters. The van der Waals surface area contributed by atoms with Crippen LogP contribution in [0.15, 0.2) is 12.3 Å². The van der Waals surface area contributed by atoms with Crippen molar-refractivity contribution in [3.05, 3.63) is 22.8 Å². The number of nitrogens with zero attached hydrogens (tertiary/aromatic N) is 2. The molecule has 0 aliphatic carbocycles. The predicted molar refractivity (Wildman–Crippen MR) is 77.1 cm³/mol. The summed E-state index contributed by atoms with van der Waals surface area (Å²) in [5.41, 5.74) is 6.06. The number of nitrogens with two attached hydrogens (primary N) is 1. The summed E-state index contributed by atoms with van der Waals surface area (Å²) in [5.74, 6) is 0.652. The van der Waals surface area contributed by atoms with Crippen LogP contribution >= 0.6 is 11.6 Å². The van der Waals surface area contributed by atoms with Crippen LogP contribution in [0, 0.1) is 5.41 Å². The van der Waals surface area contributed by atoms with Crippen molar-refractivity contribution >= 4 is 23.3 Å². The molecule has 19 heavy (non-hydrogen) atoms. The van der Waals surface area contributed by atoms with Crippen molar-refractivity contribution in [3.63, 3.8) is 0 Å². The molecule has 0 spiro atoms. The van der Waals surface area contributed by atoms with E-state index in [4.69, 9.17) is 27.5 Å². The van der Waals surface area contributed by atoms with Gasteiger partial charge in [0.2, 0.25) is 0 Å². The first-order valence-electron chi connectivity index (χ1n) is 6.41. The maximum atomic E-state index is 7.54. The summed E-state index contributed by atoms with van der Waals surface area (Å²) in [5, 5.41) is 7.99. The molecule has 5 nitrogen and oxygen atoms in total. The zero-order chi connectivity index (χ0) is 14.0. The van der Waals surface area contributed by atoms with Gasteiger partial charge in [-0.15, -0.1) is 0 Å². The molecular formula is C13H19ClN4O. The minimum absolute atomic E-state index is 0.0389. The molecule has 1 aromatic rings. The Balaban J connectivity index is 2.39. The van der Waals surface area contributed by atoms with Gasteiger partial charge < -0.3 is 15.4 Å². The van der Waals surface area contributed by atoms with Gasteiger partial charge in [-0.25, -0.2) is 4.98 Å². The van der Waals surface area contributed by atoms with Gasteiger partial charge in [-0.1, -0.05) is 18.5 Å². The lowest BCUT2D eigenvalue weighted by Gasteiger charge is -2.39. The summed E-state index contributed by atoms with van der Waals surface area (Å²) in [6.45, 7) is 5.55. The molecule has 1 aromatic heterocycles. The highest BCUT2D eigenvalue weighted by Crippen LogP contribution is 2.30. The molecule has 1 aliphatic rings. The summed E-state index contributed by atoms with van der Waals surface area (Å²) in [4.78, 5) is 6.52. The largest absolute Gasteiger partial charge is 0.384 e. The number of pyridine rings is 1. The van der Waals surface area contributed by atoms with Crippen molar-refractivity contribution in [2.45, 2.75) is 32.4 Å². The van der Waals surface area contributed by atoms with Gasteiger partial charge in [-0.05, 0) is 19.4 Å². The fourth-order valence-corrected chi connectivity index (χ4v) is 2.60. The second-order valence-corrected chi connectivity index (χ2v) is 5.15. The van der Waals surface area contributed by atoms with Gasteiger partial charge >= 0.3 is 0 Å². The number of rotatable bonds is 3. The first-order valence-corrected chi connectivity index (χ1v) is 6.79. The predicted octanol–water partition coefficient (Wildman–Crippen LogP) is 2.02. The molecule has 1 saturated heterocycles. The first kappa shape index (κ1) is 14.1. The number of nitrogen functional groups attached to an aromatic ring is 1. The maximum Gasteiger partial charge on any atom is 0.148 e. The van der Waals surface area contributed by atoms with Crippen LogP contribution in [0.5, 0.6) is 0 Å². The zero-order valence-corrected chi connectivity index (χ0v) is 11.9. The minimum Gasteiger partial charge on any atom is -0.384 e. The van der Waals surface area contributed by atoms with E-state index in [1.807, 2.05) is 6.92 Å². The average Bonchev–Trinajstić information content (AvgIpc) is 2.38. The molecule has 1 fully saturated rings. The number of amidine groups is 1. The first-order chi connectivity index (χ1) is 9.04. The minimum atomic E-state index is -0.0389. The number of aromatic nitrogens is 1. The van der Waals surface area contributed by atoms with Crippen molar-refractivity contribution in [3.8, 4) is 0 Å². The standard InChI is InChI=1S/C13H19ClN4O/c1-3-9-7-19-8(2)6-18(9)13-11(14)10(12(15)16)4-5-17-13/h4-5,8-9H,3,6-7H2,1-2H3,(H3,15,16). The third-order valence-corrected chi connectivity index (χ3v) is 3.74. The van der Waals surface area contributed by atoms with E-state index in [-0.39, 0.29) is 18.0 Å². The van der Waals surface area contributed by atoms with Crippen LogP contribution in [0.25, 0.3) is 0 Å². The van der Waals surface area contributed by atoms with Crippen LogP contribution in [-0.2, 0) is 4.74 Å². The highest BCUT2D eigenvalue weighted by Gasteiger charge is 2.28. The highest BCUT2D eigenvalue weighted by atomic mass is 35.5. The SMILES string of the molecule is CCC1COC(C)CN1c1nccc(C(=N)N)c1Cl. The van der Waals surface area contributed by atoms with E-state index in [2.05, 4.69) is 16.8 Å². The van der Waals surface area contributed by atoms with E-state index in [0.29, 0.717) is 23.0 Å². The second kappa shape index (κ2) is 5.75. The van der Waals surface area contributed by atoms with Crippen LogP contribution in [0.2, 0.25) is 5.02 Å². The topological polar surface area (TPSA) is 75.2 Å². The Labute approximate surface area is 118 Å². The van der Waals surface area contributed by atoms with Gasteiger partial charge in [0.05, 0.1) is 23.8 Å². The summed E-state index contributed by atoms with van der Waals surface area (Å²) in [6, 6.07) is 1.92. The van der Waals surface area contributed by atoms with E-state index < -0.39 is 0 Å². The molecule has 2 rings (SSSR count).